The number of amides is 1. The number of nitrogens with two attached hydrogens (primary N) is 1. The van der Waals surface area contributed by atoms with Gasteiger partial charge in [-0.05, 0) is 25.5 Å². The molecule has 1 unspecified atom stereocenters. The molecule has 0 heterocycles. The molecule has 0 radical (unpaired) electrons. The predicted octanol–water partition coefficient (Wildman–Crippen LogP) is 2.54. The summed E-state index contributed by atoms with van der Waals surface area (Å²) in [6.45, 7) is 3.37. The number of hydrogen-bond acceptors (Lipinski definition) is 3. The molecule has 0 saturated heterocycles. The third kappa shape index (κ3) is 4.47. The lowest BCUT2D eigenvalue weighted by Gasteiger charge is -2.36. The van der Waals surface area contributed by atoms with Crippen LogP contribution in [-0.4, -0.2) is 30.0 Å². The van der Waals surface area contributed by atoms with Crippen LogP contribution in [0.5, 0.6) is 0 Å². The standard InChI is InChI=1S/C14H28N2OS/c1-3-7-12(10-15)13(17)16-11-14(18-2)8-5-4-6-9-14/h12H,3-11,15H2,1-2H3,(H,16,17). The summed E-state index contributed by atoms with van der Waals surface area (Å²) in [5.74, 6) is 0.149. The van der Waals surface area contributed by atoms with E-state index in [4.69, 9.17) is 5.73 Å². The maximum atomic E-state index is 12.1. The van der Waals surface area contributed by atoms with Crippen LogP contribution in [0.4, 0.5) is 0 Å². The van der Waals surface area contributed by atoms with Gasteiger partial charge in [0.25, 0.3) is 0 Å². The van der Waals surface area contributed by atoms with E-state index in [1.54, 1.807) is 0 Å². The Labute approximate surface area is 116 Å². The van der Waals surface area contributed by atoms with E-state index >= 15 is 0 Å². The van der Waals surface area contributed by atoms with Crippen molar-refractivity contribution >= 4 is 17.7 Å². The summed E-state index contributed by atoms with van der Waals surface area (Å²) in [5.41, 5.74) is 5.67. The van der Waals surface area contributed by atoms with Crippen molar-refractivity contribution in [1.82, 2.24) is 5.32 Å². The summed E-state index contributed by atoms with van der Waals surface area (Å²) < 4.78 is 0.277. The van der Waals surface area contributed by atoms with Crippen molar-refractivity contribution in [3.05, 3.63) is 0 Å². The summed E-state index contributed by atoms with van der Waals surface area (Å²) in [5, 5.41) is 3.14. The SMILES string of the molecule is CCCC(CN)C(=O)NCC1(SC)CCCCC1. The van der Waals surface area contributed by atoms with Crippen LogP contribution in [0, 0.1) is 5.92 Å². The molecule has 0 bridgehead atoms. The molecule has 106 valence electrons. The summed E-state index contributed by atoms with van der Waals surface area (Å²) in [6.07, 6.45) is 10.5. The number of thioether (sulfide) groups is 1. The summed E-state index contributed by atoms with van der Waals surface area (Å²) >= 11 is 1.92. The highest BCUT2D eigenvalue weighted by atomic mass is 32.2. The van der Waals surface area contributed by atoms with Crippen LogP contribution in [0.1, 0.15) is 51.9 Å². The van der Waals surface area contributed by atoms with Gasteiger partial charge in [-0.1, -0.05) is 32.6 Å². The topological polar surface area (TPSA) is 55.1 Å². The van der Waals surface area contributed by atoms with E-state index in [-0.39, 0.29) is 16.6 Å². The molecule has 1 amide bonds. The molecule has 1 aliphatic carbocycles. The van der Waals surface area contributed by atoms with Gasteiger partial charge in [0.15, 0.2) is 0 Å². The second-order valence-corrected chi connectivity index (χ2v) is 6.66. The highest BCUT2D eigenvalue weighted by molar-refractivity contribution is 8.00. The zero-order valence-electron chi connectivity index (χ0n) is 11.8. The second kappa shape index (κ2) is 8.05. The van der Waals surface area contributed by atoms with Crippen LogP contribution in [-0.2, 0) is 4.79 Å². The molecule has 3 N–H and O–H groups in total. The van der Waals surface area contributed by atoms with Crippen LogP contribution >= 0.6 is 11.8 Å². The Morgan fingerprint density at radius 2 is 2.06 bits per heavy atom. The zero-order chi connectivity index (χ0) is 13.4. The molecule has 18 heavy (non-hydrogen) atoms. The molecule has 0 aliphatic heterocycles. The van der Waals surface area contributed by atoms with E-state index in [0.717, 1.165) is 19.4 Å². The van der Waals surface area contributed by atoms with Crippen molar-refractivity contribution in [3.63, 3.8) is 0 Å². The number of hydrogen-bond donors (Lipinski definition) is 2. The maximum absolute atomic E-state index is 12.1. The Hall–Kier alpha value is -0.220. The van der Waals surface area contributed by atoms with Crippen LogP contribution < -0.4 is 11.1 Å². The Morgan fingerprint density at radius 3 is 2.56 bits per heavy atom. The third-order valence-electron chi connectivity index (χ3n) is 4.08. The zero-order valence-corrected chi connectivity index (χ0v) is 12.7. The van der Waals surface area contributed by atoms with Gasteiger partial charge in [-0.2, -0.15) is 11.8 Å². The van der Waals surface area contributed by atoms with E-state index in [1.165, 1.54) is 32.1 Å². The Bertz CT molecular complexity index is 252. The van der Waals surface area contributed by atoms with Gasteiger partial charge in [-0.3, -0.25) is 4.79 Å². The molecule has 0 aromatic carbocycles. The minimum atomic E-state index is -0.00232. The monoisotopic (exact) mass is 272 g/mol. The highest BCUT2D eigenvalue weighted by Gasteiger charge is 2.32. The van der Waals surface area contributed by atoms with Crippen molar-refractivity contribution in [2.24, 2.45) is 11.7 Å². The number of carbonyl (C=O) groups is 1. The molecule has 1 rings (SSSR count). The van der Waals surface area contributed by atoms with Gasteiger partial charge in [0, 0.05) is 17.8 Å². The first-order chi connectivity index (χ1) is 8.67. The minimum Gasteiger partial charge on any atom is -0.354 e. The van der Waals surface area contributed by atoms with Crippen LogP contribution in [0.3, 0.4) is 0 Å². The maximum Gasteiger partial charge on any atom is 0.224 e. The molecular formula is C14H28N2OS. The van der Waals surface area contributed by atoms with Gasteiger partial charge in [0.05, 0.1) is 5.92 Å². The first-order valence-electron chi connectivity index (χ1n) is 7.20. The van der Waals surface area contributed by atoms with Gasteiger partial charge >= 0.3 is 0 Å². The van der Waals surface area contributed by atoms with E-state index in [2.05, 4.69) is 18.5 Å². The molecule has 1 saturated carbocycles. The summed E-state index contributed by atoms with van der Waals surface area (Å²) in [7, 11) is 0. The van der Waals surface area contributed by atoms with Gasteiger partial charge < -0.3 is 11.1 Å². The fourth-order valence-electron chi connectivity index (χ4n) is 2.75. The molecule has 0 aromatic heterocycles. The van der Waals surface area contributed by atoms with Gasteiger partial charge in [0.1, 0.15) is 0 Å². The van der Waals surface area contributed by atoms with Crippen LogP contribution in [0.2, 0.25) is 0 Å². The molecule has 1 fully saturated rings. The summed E-state index contributed by atoms with van der Waals surface area (Å²) in [6, 6.07) is 0. The molecule has 1 aliphatic rings. The fourth-order valence-corrected chi connectivity index (χ4v) is 3.66. The van der Waals surface area contributed by atoms with Crippen molar-refractivity contribution in [2.75, 3.05) is 19.3 Å². The van der Waals surface area contributed by atoms with Gasteiger partial charge in [0.2, 0.25) is 5.91 Å². The smallest absolute Gasteiger partial charge is 0.224 e. The van der Waals surface area contributed by atoms with Crippen molar-refractivity contribution in [1.29, 1.82) is 0 Å². The van der Waals surface area contributed by atoms with Crippen molar-refractivity contribution in [2.45, 2.75) is 56.6 Å². The Morgan fingerprint density at radius 1 is 1.39 bits per heavy atom. The fraction of sp³-hybridized carbons (Fsp3) is 0.929. The van der Waals surface area contributed by atoms with Gasteiger partial charge in [-0.15, -0.1) is 0 Å². The molecule has 0 spiro atoms. The Balaban J connectivity index is 2.43. The lowest BCUT2D eigenvalue weighted by molar-refractivity contribution is -0.125. The Kier molecular flexibility index (Phi) is 7.08. The van der Waals surface area contributed by atoms with Crippen LogP contribution in [0.25, 0.3) is 0 Å². The molecule has 0 aromatic rings. The largest absolute Gasteiger partial charge is 0.354 e. The van der Waals surface area contributed by atoms with E-state index in [0.29, 0.717) is 6.54 Å². The first kappa shape index (κ1) is 15.8. The normalized spacial score (nSPS) is 20.4. The van der Waals surface area contributed by atoms with E-state index < -0.39 is 0 Å². The molecular weight excluding hydrogens is 244 g/mol. The number of rotatable bonds is 7. The lowest BCUT2D eigenvalue weighted by Crippen LogP contribution is -2.44. The van der Waals surface area contributed by atoms with E-state index in [1.807, 2.05) is 11.8 Å². The van der Waals surface area contributed by atoms with Crippen molar-refractivity contribution < 1.29 is 4.79 Å². The molecule has 1 atom stereocenters. The number of carbonyl (C=O) groups excluding carboxylic acids is 1. The predicted molar refractivity (Wildman–Crippen MR) is 79.8 cm³/mol. The minimum absolute atomic E-state index is 0.00232. The highest BCUT2D eigenvalue weighted by Crippen LogP contribution is 2.37. The third-order valence-corrected chi connectivity index (χ3v) is 5.49. The van der Waals surface area contributed by atoms with E-state index in [9.17, 15) is 4.79 Å². The van der Waals surface area contributed by atoms with Gasteiger partial charge in [-0.25, -0.2) is 0 Å². The van der Waals surface area contributed by atoms with Crippen LogP contribution in [0.15, 0.2) is 0 Å². The first-order valence-corrected chi connectivity index (χ1v) is 8.43. The molecule has 4 heteroatoms. The number of nitrogens with one attached hydrogen (secondary N) is 1. The molecule has 3 nitrogen and oxygen atoms in total. The summed E-state index contributed by atoms with van der Waals surface area (Å²) in [4.78, 5) is 12.1. The average molecular weight is 272 g/mol. The van der Waals surface area contributed by atoms with Crippen molar-refractivity contribution in [3.8, 4) is 0 Å². The quantitative estimate of drug-likeness (QED) is 0.749. The lowest BCUT2D eigenvalue weighted by atomic mass is 9.88. The average Bonchev–Trinajstić information content (AvgIpc) is 2.43. The second-order valence-electron chi connectivity index (χ2n) is 5.39.